The van der Waals surface area contributed by atoms with Gasteiger partial charge in [0, 0.05) is 18.7 Å². The van der Waals surface area contributed by atoms with E-state index in [0.717, 1.165) is 0 Å². The summed E-state index contributed by atoms with van der Waals surface area (Å²) >= 11 is 0. The SMILES string of the molecule is C=CCO[P+](O)(OCC=C)c1c(C)nc(C)c(C(=O)OCCN(C)C)c1-c1cccc([N+](=O)[O-])c1. The average molecular weight is 505 g/mol. The molecule has 1 N–H and O–H groups in total. The highest BCUT2D eigenvalue weighted by Gasteiger charge is 2.50. The van der Waals surface area contributed by atoms with Gasteiger partial charge in [0.1, 0.15) is 19.8 Å². The number of nitro groups is 1. The molecule has 1 aromatic carbocycles. The van der Waals surface area contributed by atoms with Gasteiger partial charge in [0.15, 0.2) is 0 Å². The highest BCUT2D eigenvalue weighted by molar-refractivity contribution is 7.69. The van der Waals surface area contributed by atoms with Crippen molar-refractivity contribution in [2.75, 3.05) is 40.5 Å². The van der Waals surface area contributed by atoms with E-state index in [-0.39, 0.29) is 41.9 Å². The van der Waals surface area contributed by atoms with Gasteiger partial charge in [-0.1, -0.05) is 24.3 Å². The molecule has 0 amide bonds. The Labute approximate surface area is 205 Å². The maximum atomic E-state index is 13.3. The Bertz CT molecular complexity index is 1090. The molecule has 0 fully saturated rings. The first-order valence-corrected chi connectivity index (χ1v) is 12.3. The molecular formula is C24H31N3O7P+. The van der Waals surface area contributed by atoms with Crippen LogP contribution < -0.4 is 5.30 Å². The van der Waals surface area contributed by atoms with E-state index in [2.05, 4.69) is 18.1 Å². The first-order chi connectivity index (χ1) is 16.6. The molecular weight excluding hydrogens is 473 g/mol. The number of hydrogen-bond acceptors (Lipinski definition) is 9. The molecule has 188 valence electrons. The summed E-state index contributed by atoms with van der Waals surface area (Å²) in [5, 5.41) is 11.6. The third-order valence-electron chi connectivity index (χ3n) is 4.87. The van der Waals surface area contributed by atoms with Gasteiger partial charge in [0.2, 0.25) is 5.30 Å². The molecule has 0 atom stereocenters. The van der Waals surface area contributed by atoms with E-state index in [1.165, 1.54) is 30.4 Å². The topological polar surface area (TPSA) is 124 Å². The number of pyridine rings is 1. The quantitative estimate of drug-likeness (QED) is 0.143. The number of non-ortho nitro benzene ring substituents is 1. The fourth-order valence-electron chi connectivity index (χ4n) is 3.36. The smallest absolute Gasteiger partial charge is 0.449 e. The van der Waals surface area contributed by atoms with Gasteiger partial charge in [-0.15, -0.1) is 13.2 Å². The molecule has 11 heteroatoms. The fourth-order valence-corrected chi connectivity index (χ4v) is 5.29. The minimum atomic E-state index is -3.85. The predicted molar refractivity (Wildman–Crippen MR) is 136 cm³/mol. The third kappa shape index (κ3) is 7.00. The van der Waals surface area contributed by atoms with Crippen LogP contribution in [0.2, 0.25) is 0 Å². The highest BCUT2D eigenvalue weighted by Crippen LogP contribution is 2.58. The third-order valence-corrected chi connectivity index (χ3v) is 6.98. The van der Waals surface area contributed by atoms with Crippen molar-refractivity contribution in [3.8, 4) is 11.1 Å². The standard InChI is InChI=1S/C24H31N3O7P/c1-7-13-33-35(31,34-14-8-2)23-18(4)25-17(3)21(24(28)32-15-12-26(5)6)22(23)19-10-9-11-20(16-19)27(29)30/h7-11,16,31H,1-2,12-15H2,3-6H3/q+1. The first-order valence-electron chi connectivity index (χ1n) is 10.8. The lowest BCUT2D eigenvalue weighted by atomic mass is 9.97. The minimum Gasteiger partial charge on any atom is -0.461 e. The molecule has 0 aliphatic heterocycles. The number of ether oxygens (including phenoxy) is 1. The van der Waals surface area contributed by atoms with Gasteiger partial charge >= 0.3 is 13.9 Å². The Kier molecular flexibility index (Phi) is 10.2. The van der Waals surface area contributed by atoms with Gasteiger partial charge in [0.05, 0.1) is 27.4 Å². The van der Waals surface area contributed by atoms with Crippen LogP contribution >= 0.6 is 7.94 Å². The van der Waals surface area contributed by atoms with Gasteiger partial charge in [-0.2, -0.15) is 13.9 Å². The first kappa shape index (κ1) is 28.2. The van der Waals surface area contributed by atoms with Crippen LogP contribution in [0.3, 0.4) is 0 Å². The second-order valence-electron chi connectivity index (χ2n) is 7.82. The van der Waals surface area contributed by atoms with Crippen molar-refractivity contribution in [3.05, 3.63) is 76.6 Å². The monoisotopic (exact) mass is 504 g/mol. The van der Waals surface area contributed by atoms with E-state index < -0.39 is 18.8 Å². The average Bonchev–Trinajstić information content (AvgIpc) is 2.80. The Morgan fingerprint density at radius 3 is 2.37 bits per heavy atom. The number of rotatable bonds is 13. The van der Waals surface area contributed by atoms with E-state index in [4.69, 9.17) is 13.8 Å². The molecule has 0 radical (unpaired) electrons. The van der Waals surface area contributed by atoms with Crippen molar-refractivity contribution in [1.29, 1.82) is 0 Å². The molecule has 2 aromatic rings. The summed E-state index contributed by atoms with van der Waals surface area (Å²) in [7, 11) is -0.163. The molecule has 35 heavy (non-hydrogen) atoms. The molecule has 0 aliphatic carbocycles. The number of likely N-dealkylation sites (N-methyl/N-ethyl adjacent to an activating group) is 1. The molecule has 1 aromatic heterocycles. The van der Waals surface area contributed by atoms with Gasteiger partial charge in [-0.05, 0) is 33.5 Å². The second kappa shape index (κ2) is 12.6. The van der Waals surface area contributed by atoms with E-state index in [1.807, 2.05) is 19.0 Å². The maximum Gasteiger partial charge on any atom is 0.449 e. The number of benzene rings is 1. The summed E-state index contributed by atoms with van der Waals surface area (Å²) in [6.07, 6.45) is 2.89. The second-order valence-corrected chi connectivity index (χ2v) is 9.82. The van der Waals surface area contributed by atoms with E-state index >= 15 is 0 Å². The summed E-state index contributed by atoms with van der Waals surface area (Å²) in [6, 6.07) is 5.76. The van der Waals surface area contributed by atoms with Crippen molar-refractivity contribution < 1.29 is 28.4 Å². The lowest BCUT2D eigenvalue weighted by molar-refractivity contribution is -0.384. The zero-order valence-corrected chi connectivity index (χ0v) is 21.3. The number of carbonyl (C=O) groups excluding carboxylic acids is 1. The van der Waals surface area contributed by atoms with Gasteiger partial charge < -0.3 is 9.64 Å². The van der Waals surface area contributed by atoms with Crippen molar-refractivity contribution in [1.82, 2.24) is 9.88 Å². The summed E-state index contributed by atoms with van der Waals surface area (Å²) in [6.45, 7) is 11.0. The number of nitrogens with zero attached hydrogens (tertiary/aromatic N) is 3. The Balaban J connectivity index is 2.87. The van der Waals surface area contributed by atoms with E-state index in [9.17, 15) is 19.8 Å². The normalized spacial score (nSPS) is 11.4. The van der Waals surface area contributed by atoms with E-state index in [0.29, 0.717) is 23.5 Å². The molecule has 0 aliphatic rings. The number of nitro benzene ring substituents is 1. The minimum absolute atomic E-state index is 0.0499. The van der Waals surface area contributed by atoms with Crippen LogP contribution in [0, 0.1) is 24.0 Å². The molecule has 2 rings (SSSR count). The molecule has 0 unspecified atom stereocenters. The van der Waals surface area contributed by atoms with Crippen LogP contribution in [0.4, 0.5) is 5.69 Å². The van der Waals surface area contributed by atoms with Gasteiger partial charge in [-0.3, -0.25) is 15.1 Å². The van der Waals surface area contributed by atoms with Crippen LogP contribution in [0.25, 0.3) is 11.1 Å². The van der Waals surface area contributed by atoms with Crippen molar-refractivity contribution in [2.24, 2.45) is 0 Å². The lowest BCUT2D eigenvalue weighted by Gasteiger charge is -2.22. The maximum absolute atomic E-state index is 13.3. The predicted octanol–water partition coefficient (Wildman–Crippen LogP) is 3.78. The van der Waals surface area contributed by atoms with Crippen LogP contribution in [0.1, 0.15) is 21.7 Å². The molecule has 0 spiro atoms. The van der Waals surface area contributed by atoms with Crippen molar-refractivity contribution in [2.45, 2.75) is 13.8 Å². The van der Waals surface area contributed by atoms with Gasteiger partial charge in [-0.25, -0.2) is 4.79 Å². The lowest BCUT2D eigenvalue weighted by Crippen LogP contribution is -2.27. The Morgan fingerprint density at radius 1 is 1.20 bits per heavy atom. The van der Waals surface area contributed by atoms with Crippen LogP contribution in [-0.4, -0.2) is 66.1 Å². The fraction of sp³-hybridized carbons (Fsp3) is 0.333. The number of aryl methyl sites for hydroxylation is 2. The number of carbonyl (C=O) groups is 1. The van der Waals surface area contributed by atoms with E-state index in [1.54, 1.807) is 19.9 Å². The number of hydrogen-bond donors (Lipinski definition) is 1. The Hall–Kier alpha value is -3.01. The molecule has 0 bridgehead atoms. The Morgan fingerprint density at radius 2 is 1.83 bits per heavy atom. The molecule has 0 saturated heterocycles. The van der Waals surface area contributed by atoms with Crippen LogP contribution in [0.5, 0.6) is 0 Å². The van der Waals surface area contributed by atoms with Crippen LogP contribution in [-0.2, 0) is 13.8 Å². The summed E-state index contributed by atoms with van der Waals surface area (Å²) in [5.41, 5.74) is 1.07. The molecule has 0 saturated carbocycles. The van der Waals surface area contributed by atoms with Gasteiger partial charge in [0.25, 0.3) is 5.69 Å². The zero-order valence-electron chi connectivity index (χ0n) is 20.4. The zero-order chi connectivity index (χ0) is 26.2. The summed E-state index contributed by atoms with van der Waals surface area (Å²) in [4.78, 5) is 42.2. The largest absolute Gasteiger partial charge is 0.461 e. The number of esters is 1. The highest BCUT2D eigenvalue weighted by atomic mass is 31.2. The summed E-state index contributed by atoms with van der Waals surface area (Å²) < 4.78 is 16.9. The van der Waals surface area contributed by atoms with Crippen molar-refractivity contribution in [3.63, 3.8) is 0 Å². The number of aromatic nitrogens is 1. The summed E-state index contributed by atoms with van der Waals surface area (Å²) in [5.74, 6) is -0.682. The molecule has 1 heterocycles. The molecule has 10 nitrogen and oxygen atoms in total. The van der Waals surface area contributed by atoms with Crippen molar-refractivity contribution >= 4 is 24.9 Å². The van der Waals surface area contributed by atoms with Crippen LogP contribution in [0.15, 0.2) is 49.6 Å².